The Morgan fingerprint density at radius 1 is 0.912 bits per heavy atom. The Labute approximate surface area is 197 Å². The van der Waals surface area contributed by atoms with E-state index in [0.29, 0.717) is 6.42 Å². The molecule has 6 heteroatoms. The molecule has 3 aromatic rings. The van der Waals surface area contributed by atoms with Gasteiger partial charge in [0.1, 0.15) is 5.69 Å². The quantitative estimate of drug-likeness (QED) is 0.312. The fourth-order valence-electron chi connectivity index (χ4n) is 6.88. The summed E-state index contributed by atoms with van der Waals surface area (Å²) in [5, 5.41) is 11.9. The first-order valence-electron chi connectivity index (χ1n) is 11.6. The van der Waals surface area contributed by atoms with Crippen LogP contribution in [-0.2, 0) is 15.0 Å². The van der Waals surface area contributed by atoms with Crippen LogP contribution in [0.25, 0.3) is 0 Å². The molecule has 3 aromatic carbocycles. The molecule has 34 heavy (non-hydrogen) atoms. The lowest BCUT2D eigenvalue weighted by Crippen LogP contribution is -2.53. The van der Waals surface area contributed by atoms with Crippen molar-refractivity contribution in [2.45, 2.75) is 38.5 Å². The van der Waals surface area contributed by atoms with Gasteiger partial charge in [-0.05, 0) is 59.7 Å². The number of carbonyl (C=O) groups excluding carboxylic acids is 2. The number of amides is 2. The van der Waals surface area contributed by atoms with Crippen LogP contribution in [0.4, 0.5) is 11.4 Å². The van der Waals surface area contributed by atoms with E-state index in [-0.39, 0.29) is 29.1 Å². The molecule has 1 saturated heterocycles. The summed E-state index contributed by atoms with van der Waals surface area (Å²) in [5.74, 6) is -2.11. The number of hydrogen-bond donors (Lipinski definition) is 0. The summed E-state index contributed by atoms with van der Waals surface area (Å²) in [4.78, 5) is 40.8. The van der Waals surface area contributed by atoms with Crippen LogP contribution in [0, 0.1) is 35.8 Å². The number of nitrogens with zero attached hydrogens (tertiary/aromatic N) is 2. The maximum absolute atomic E-state index is 14.2. The van der Waals surface area contributed by atoms with Crippen molar-refractivity contribution in [3.63, 3.8) is 0 Å². The number of benzene rings is 3. The third kappa shape index (κ3) is 2.30. The highest BCUT2D eigenvalue weighted by Gasteiger charge is 2.67. The fourth-order valence-corrected chi connectivity index (χ4v) is 6.88. The monoisotopic (exact) mass is 452 g/mol. The van der Waals surface area contributed by atoms with Gasteiger partial charge >= 0.3 is 0 Å². The predicted molar refractivity (Wildman–Crippen MR) is 128 cm³/mol. The standard InChI is InChI=1S/C28H24N2O4/c1-4-28-19-11-7-5-9-17(19)23(18-10-6-8-12-20(18)28)24-25(28)27(32)29(26(24)31)21-13-15(2)16(3)14-22(21)30(33)34/h5-14,23-25H,4H2,1-3H3/t23?,24-,25-,28?/m0/s1. The topological polar surface area (TPSA) is 80.5 Å². The van der Waals surface area contributed by atoms with Gasteiger partial charge in [-0.3, -0.25) is 19.7 Å². The van der Waals surface area contributed by atoms with Crippen molar-refractivity contribution >= 4 is 23.2 Å². The molecule has 2 atom stereocenters. The maximum Gasteiger partial charge on any atom is 0.293 e. The van der Waals surface area contributed by atoms with E-state index in [2.05, 4.69) is 31.2 Å². The van der Waals surface area contributed by atoms with E-state index in [9.17, 15) is 19.7 Å². The molecule has 0 N–H and O–H groups in total. The van der Waals surface area contributed by atoms with Gasteiger partial charge in [-0.2, -0.15) is 0 Å². The zero-order chi connectivity index (χ0) is 23.9. The van der Waals surface area contributed by atoms with Gasteiger partial charge in [0.25, 0.3) is 5.69 Å². The molecule has 0 aromatic heterocycles. The molecule has 2 amide bonds. The smallest absolute Gasteiger partial charge is 0.274 e. The van der Waals surface area contributed by atoms with Gasteiger partial charge < -0.3 is 0 Å². The van der Waals surface area contributed by atoms with Gasteiger partial charge in [0.05, 0.1) is 16.8 Å². The summed E-state index contributed by atoms with van der Waals surface area (Å²) in [6.45, 7) is 5.69. The fraction of sp³-hybridized carbons (Fsp3) is 0.286. The molecule has 0 unspecified atom stereocenters. The molecule has 0 saturated carbocycles. The van der Waals surface area contributed by atoms with Crippen molar-refractivity contribution in [1.82, 2.24) is 0 Å². The molecule has 3 aliphatic carbocycles. The Kier molecular flexibility index (Phi) is 4.19. The molecule has 4 aliphatic rings. The lowest BCUT2D eigenvalue weighted by Gasteiger charge is -2.54. The summed E-state index contributed by atoms with van der Waals surface area (Å²) in [7, 11) is 0. The van der Waals surface area contributed by atoms with Crippen LogP contribution < -0.4 is 4.90 Å². The minimum atomic E-state index is -0.650. The predicted octanol–water partition coefficient (Wildman–Crippen LogP) is 5.17. The van der Waals surface area contributed by atoms with Gasteiger partial charge in [0.15, 0.2) is 0 Å². The molecule has 6 nitrogen and oxygen atoms in total. The number of carbonyl (C=O) groups is 2. The average molecular weight is 453 g/mol. The third-order valence-corrected chi connectivity index (χ3v) is 8.38. The van der Waals surface area contributed by atoms with Crippen molar-refractivity contribution < 1.29 is 14.5 Å². The number of aryl methyl sites for hydroxylation is 2. The Hall–Kier alpha value is -3.80. The van der Waals surface area contributed by atoms with Crippen molar-refractivity contribution in [2.24, 2.45) is 11.8 Å². The van der Waals surface area contributed by atoms with Crippen molar-refractivity contribution in [3.05, 3.63) is 104 Å². The maximum atomic E-state index is 14.2. The summed E-state index contributed by atoms with van der Waals surface area (Å²) in [5.41, 5.74) is 5.13. The Balaban J connectivity index is 1.63. The van der Waals surface area contributed by atoms with Crippen LogP contribution in [0.5, 0.6) is 0 Å². The van der Waals surface area contributed by atoms with Gasteiger partial charge in [-0.1, -0.05) is 55.5 Å². The minimum absolute atomic E-state index is 0.0799. The zero-order valence-corrected chi connectivity index (χ0v) is 19.2. The first-order valence-corrected chi connectivity index (χ1v) is 11.6. The van der Waals surface area contributed by atoms with E-state index < -0.39 is 22.2 Å². The SMILES string of the molecule is CCC12c3ccccc3C(c3ccccc31)[C@@H]1C(=O)N(c3cc(C)c(C)cc3[N+](=O)[O-])C(=O)[C@H]12. The number of nitro groups is 1. The molecule has 170 valence electrons. The van der Waals surface area contributed by atoms with Crippen LogP contribution in [0.2, 0.25) is 0 Å². The zero-order valence-electron chi connectivity index (χ0n) is 19.2. The van der Waals surface area contributed by atoms with E-state index in [4.69, 9.17) is 0 Å². The number of imide groups is 1. The van der Waals surface area contributed by atoms with Crippen LogP contribution in [-0.4, -0.2) is 16.7 Å². The second-order valence-electron chi connectivity index (χ2n) is 9.67. The van der Waals surface area contributed by atoms with E-state index >= 15 is 0 Å². The van der Waals surface area contributed by atoms with Gasteiger partial charge in [0.2, 0.25) is 11.8 Å². The van der Waals surface area contributed by atoms with E-state index in [0.717, 1.165) is 38.3 Å². The highest BCUT2D eigenvalue weighted by atomic mass is 16.6. The number of nitro benzene ring substituents is 1. The number of rotatable bonds is 3. The molecule has 7 rings (SSSR count). The Morgan fingerprint density at radius 3 is 2.03 bits per heavy atom. The van der Waals surface area contributed by atoms with Gasteiger partial charge in [0, 0.05) is 17.4 Å². The van der Waals surface area contributed by atoms with Crippen molar-refractivity contribution in [2.75, 3.05) is 4.90 Å². The lowest BCUT2D eigenvalue weighted by molar-refractivity contribution is -0.384. The Bertz CT molecular complexity index is 1380. The summed E-state index contributed by atoms with van der Waals surface area (Å²) in [6, 6.07) is 19.3. The van der Waals surface area contributed by atoms with Crippen molar-refractivity contribution in [1.29, 1.82) is 0 Å². The van der Waals surface area contributed by atoms with E-state index in [1.165, 1.54) is 6.07 Å². The highest BCUT2D eigenvalue weighted by Crippen LogP contribution is 2.65. The van der Waals surface area contributed by atoms with Crippen LogP contribution in [0.3, 0.4) is 0 Å². The number of hydrogen-bond acceptors (Lipinski definition) is 4. The lowest BCUT2D eigenvalue weighted by atomic mass is 9.46. The van der Waals surface area contributed by atoms with E-state index in [1.807, 2.05) is 31.2 Å². The van der Waals surface area contributed by atoms with Crippen LogP contribution in [0.1, 0.15) is 52.6 Å². The van der Waals surface area contributed by atoms with Crippen molar-refractivity contribution in [3.8, 4) is 0 Å². The first kappa shape index (κ1) is 20.8. The minimum Gasteiger partial charge on any atom is -0.274 e. The normalized spacial score (nSPS) is 26.3. The van der Waals surface area contributed by atoms with Crippen LogP contribution in [0.15, 0.2) is 60.7 Å². The molecule has 2 bridgehead atoms. The number of anilines is 1. The third-order valence-electron chi connectivity index (χ3n) is 8.38. The largest absolute Gasteiger partial charge is 0.293 e. The first-order chi connectivity index (χ1) is 16.3. The van der Waals surface area contributed by atoms with Gasteiger partial charge in [-0.25, -0.2) is 4.90 Å². The summed E-state index contributed by atoms with van der Waals surface area (Å²) < 4.78 is 0. The molecule has 1 fully saturated rings. The second-order valence-corrected chi connectivity index (χ2v) is 9.67. The molecule has 0 spiro atoms. The Morgan fingerprint density at radius 2 is 1.47 bits per heavy atom. The molecular weight excluding hydrogens is 428 g/mol. The second kappa shape index (κ2) is 6.86. The molecule has 1 aliphatic heterocycles. The summed E-state index contributed by atoms with van der Waals surface area (Å²) in [6.07, 6.45) is 0.650. The van der Waals surface area contributed by atoms with Crippen LogP contribution >= 0.6 is 0 Å². The highest BCUT2D eigenvalue weighted by molar-refractivity contribution is 6.24. The average Bonchev–Trinajstić information content (AvgIpc) is 3.11. The van der Waals surface area contributed by atoms with E-state index in [1.54, 1.807) is 13.0 Å². The molecular formula is C28H24N2O4. The van der Waals surface area contributed by atoms with Gasteiger partial charge in [-0.15, -0.1) is 0 Å². The summed E-state index contributed by atoms with van der Waals surface area (Å²) >= 11 is 0. The molecule has 0 radical (unpaired) electrons. The molecule has 1 heterocycles.